The Morgan fingerprint density at radius 2 is 1.67 bits per heavy atom. The molecule has 100 valence electrons. The van der Waals surface area contributed by atoms with Gasteiger partial charge in [0.1, 0.15) is 0 Å². The first kappa shape index (κ1) is 13.6. The highest BCUT2D eigenvalue weighted by Crippen LogP contribution is 2.30. The molecule has 18 heavy (non-hydrogen) atoms. The molecule has 1 N–H and O–H groups in total. The summed E-state index contributed by atoms with van der Waals surface area (Å²) in [5.41, 5.74) is -0.205. The summed E-state index contributed by atoms with van der Waals surface area (Å²) in [6.07, 6.45) is 4.18. The van der Waals surface area contributed by atoms with Gasteiger partial charge in [-0.25, -0.2) is 8.42 Å². The van der Waals surface area contributed by atoms with Gasteiger partial charge in [-0.3, -0.25) is 0 Å². The van der Waals surface area contributed by atoms with Crippen LogP contribution in [0, 0.1) is 0 Å². The molecule has 0 bridgehead atoms. The Morgan fingerprint density at radius 3 is 2.28 bits per heavy atom. The van der Waals surface area contributed by atoms with E-state index >= 15 is 0 Å². The SMILES string of the molecule is O=S(=O)(Cc1ccccc1)CC1(O)CCCCC1. The van der Waals surface area contributed by atoms with Crippen molar-refractivity contribution in [1.29, 1.82) is 0 Å². The molecule has 1 aliphatic rings. The monoisotopic (exact) mass is 268 g/mol. The van der Waals surface area contributed by atoms with Gasteiger partial charge in [0.05, 0.1) is 17.1 Å². The van der Waals surface area contributed by atoms with Crippen molar-refractivity contribution in [1.82, 2.24) is 0 Å². The normalized spacial score (nSPS) is 19.6. The van der Waals surface area contributed by atoms with Crippen molar-refractivity contribution in [2.45, 2.75) is 43.5 Å². The highest BCUT2D eigenvalue weighted by atomic mass is 32.2. The van der Waals surface area contributed by atoms with Crippen LogP contribution in [0.5, 0.6) is 0 Å². The van der Waals surface area contributed by atoms with E-state index in [4.69, 9.17) is 0 Å². The van der Waals surface area contributed by atoms with E-state index in [1.54, 1.807) is 0 Å². The summed E-state index contributed by atoms with van der Waals surface area (Å²) in [6.45, 7) is 0. The standard InChI is InChI=1S/C14H20O3S/c15-14(9-5-2-6-10-14)12-18(16,17)11-13-7-3-1-4-8-13/h1,3-4,7-8,15H,2,5-6,9-12H2. The highest BCUT2D eigenvalue weighted by Gasteiger charge is 2.34. The van der Waals surface area contributed by atoms with E-state index in [2.05, 4.69) is 0 Å². The van der Waals surface area contributed by atoms with E-state index in [1.807, 2.05) is 30.3 Å². The van der Waals surface area contributed by atoms with Crippen LogP contribution >= 0.6 is 0 Å². The van der Waals surface area contributed by atoms with Crippen LogP contribution in [0.4, 0.5) is 0 Å². The summed E-state index contributed by atoms with van der Waals surface area (Å²) in [4.78, 5) is 0. The van der Waals surface area contributed by atoms with Crippen LogP contribution < -0.4 is 0 Å². The first-order valence-corrected chi connectivity index (χ1v) is 8.28. The molecule has 0 atom stereocenters. The fourth-order valence-corrected chi connectivity index (χ4v) is 4.55. The molecule has 0 radical (unpaired) electrons. The minimum Gasteiger partial charge on any atom is -0.389 e. The summed E-state index contributed by atoms with van der Waals surface area (Å²) in [5, 5.41) is 10.3. The fraction of sp³-hybridized carbons (Fsp3) is 0.571. The summed E-state index contributed by atoms with van der Waals surface area (Å²) < 4.78 is 24.2. The molecule has 4 heteroatoms. The van der Waals surface area contributed by atoms with Crippen LogP contribution in [0.15, 0.2) is 30.3 Å². The van der Waals surface area contributed by atoms with Gasteiger partial charge in [-0.2, -0.15) is 0 Å². The fourth-order valence-electron chi connectivity index (χ4n) is 2.64. The molecule has 2 rings (SSSR count). The maximum absolute atomic E-state index is 12.1. The van der Waals surface area contributed by atoms with E-state index in [9.17, 15) is 13.5 Å². The zero-order chi connectivity index (χ0) is 13.1. The Labute approximate surface area is 109 Å². The Kier molecular flexibility index (Phi) is 4.07. The Balaban J connectivity index is 2.03. The predicted octanol–water partition coefficient (Wildman–Crippen LogP) is 2.30. The lowest BCUT2D eigenvalue weighted by atomic mass is 9.86. The van der Waals surface area contributed by atoms with Gasteiger partial charge in [0.2, 0.25) is 0 Å². The lowest BCUT2D eigenvalue weighted by molar-refractivity contribution is 0.0257. The molecule has 0 amide bonds. The molecule has 1 aromatic rings. The molecular weight excluding hydrogens is 248 g/mol. The van der Waals surface area contributed by atoms with E-state index in [0.29, 0.717) is 12.8 Å². The summed E-state index contributed by atoms with van der Waals surface area (Å²) in [5.74, 6) is -0.0783. The van der Waals surface area contributed by atoms with Gasteiger partial charge in [-0.1, -0.05) is 49.6 Å². The lowest BCUT2D eigenvalue weighted by Crippen LogP contribution is -2.39. The van der Waals surface area contributed by atoms with Crippen LogP contribution in [0.3, 0.4) is 0 Å². The first-order chi connectivity index (χ1) is 8.49. The van der Waals surface area contributed by atoms with E-state index < -0.39 is 15.4 Å². The summed E-state index contributed by atoms with van der Waals surface area (Å²) in [7, 11) is -3.24. The van der Waals surface area contributed by atoms with Gasteiger partial charge in [0, 0.05) is 0 Å². The van der Waals surface area contributed by atoms with Crippen molar-refractivity contribution in [2.75, 3.05) is 5.75 Å². The molecule has 1 aliphatic carbocycles. The molecule has 0 saturated heterocycles. The molecular formula is C14H20O3S. The van der Waals surface area contributed by atoms with Crippen LogP contribution in [0.2, 0.25) is 0 Å². The molecule has 1 saturated carbocycles. The van der Waals surface area contributed by atoms with Crippen molar-refractivity contribution >= 4 is 9.84 Å². The molecule has 1 aromatic carbocycles. The van der Waals surface area contributed by atoms with Gasteiger partial charge >= 0.3 is 0 Å². The van der Waals surface area contributed by atoms with Gasteiger partial charge in [-0.05, 0) is 18.4 Å². The van der Waals surface area contributed by atoms with Crippen molar-refractivity contribution in [3.8, 4) is 0 Å². The molecule has 0 aliphatic heterocycles. The summed E-state index contributed by atoms with van der Waals surface area (Å²) >= 11 is 0. The van der Waals surface area contributed by atoms with Crippen molar-refractivity contribution in [2.24, 2.45) is 0 Å². The molecule has 1 fully saturated rings. The largest absolute Gasteiger partial charge is 0.389 e. The van der Waals surface area contributed by atoms with Crippen molar-refractivity contribution in [3.05, 3.63) is 35.9 Å². The third-order valence-electron chi connectivity index (χ3n) is 3.50. The van der Waals surface area contributed by atoms with Crippen LogP contribution in [0.25, 0.3) is 0 Å². The minimum absolute atomic E-state index is 0.0240. The van der Waals surface area contributed by atoms with Crippen LogP contribution in [-0.4, -0.2) is 24.9 Å². The number of hydrogen-bond donors (Lipinski definition) is 1. The molecule has 0 heterocycles. The Hall–Kier alpha value is -0.870. The minimum atomic E-state index is -3.24. The van der Waals surface area contributed by atoms with Gasteiger partial charge < -0.3 is 5.11 Å². The van der Waals surface area contributed by atoms with E-state index in [-0.39, 0.29) is 11.5 Å². The van der Waals surface area contributed by atoms with Gasteiger partial charge in [0.15, 0.2) is 9.84 Å². The summed E-state index contributed by atoms with van der Waals surface area (Å²) in [6, 6.07) is 9.15. The average molecular weight is 268 g/mol. The first-order valence-electron chi connectivity index (χ1n) is 6.46. The second-order valence-electron chi connectivity index (χ2n) is 5.30. The Morgan fingerprint density at radius 1 is 1.06 bits per heavy atom. The van der Waals surface area contributed by atoms with Gasteiger partial charge in [0.25, 0.3) is 0 Å². The Bertz CT molecular complexity index is 473. The topological polar surface area (TPSA) is 54.4 Å². The zero-order valence-corrected chi connectivity index (χ0v) is 11.3. The number of hydrogen-bond acceptors (Lipinski definition) is 3. The molecule has 0 aromatic heterocycles. The quantitative estimate of drug-likeness (QED) is 0.911. The van der Waals surface area contributed by atoms with E-state index in [1.165, 1.54) is 0 Å². The maximum atomic E-state index is 12.1. The highest BCUT2D eigenvalue weighted by molar-refractivity contribution is 7.90. The maximum Gasteiger partial charge on any atom is 0.157 e. The third kappa shape index (κ3) is 3.82. The van der Waals surface area contributed by atoms with Crippen molar-refractivity contribution in [3.63, 3.8) is 0 Å². The van der Waals surface area contributed by atoms with Gasteiger partial charge in [-0.15, -0.1) is 0 Å². The zero-order valence-electron chi connectivity index (χ0n) is 10.5. The van der Waals surface area contributed by atoms with E-state index in [0.717, 1.165) is 24.8 Å². The van der Waals surface area contributed by atoms with Crippen LogP contribution in [-0.2, 0) is 15.6 Å². The molecule has 0 unspecified atom stereocenters. The number of benzene rings is 1. The second kappa shape index (κ2) is 5.41. The smallest absolute Gasteiger partial charge is 0.157 e. The number of rotatable bonds is 4. The van der Waals surface area contributed by atoms with Crippen LogP contribution in [0.1, 0.15) is 37.7 Å². The lowest BCUT2D eigenvalue weighted by Gasteiger charge is -2.31. The molecule has 0 spiro atoms. The third-order valence-corrected chi connectivity index (χ3v) is 5.25. The predicted molar refractivity (Wildman–Crippen MR) is 72.0 cm³/mol. The number of sulfone groups is 1. The average Bonchev–Trinajstić information content (AvgIpc) is 2.29. The molecule has 3 nitrogen and oxygen atoms in total. The van der Waals surface area contributed by atoms with Crippen molar-refractivity contribution < 1.29 is 13.5 Å². The number of aliphatic hydroxyl groups is 1. The second-order valence-corrected chi connectivity index (χ2v) is 7.37.